The highest BCUT2D eigenvalue weighted by Gasteiger charge is 2.16. The zero-order valence-electron chi connectivity index (χ0n) is 48.2. The van der Waals surface area contributed by atoms with E-state index in [1.54, 1.807) is 0 Å². The maximum Gasteiger partial charge on any atom is 0.306 e. The highest BCUT2D eigenvalue weighted by Crippen LogP contribution is 2.18. The summed E-state index contributed by atoms with van der Waals surface area (Å²) in [5, 5.41) is 9.68. The number of hydrogen-bond donors (Lipinski definition) is 1. The molecule has 1 unspecified atom stereocenters. The average Bonchev–Trinajstić information content (AvgIpc) is 3.38. The van der Waals surface area contributed by atoms with Gasteiger partial charge in [0.15, 0.2) is 6.10 Å². The molecular formula is C67H122O5. The van der Waals surface area contributed by atoms with Gasteiger partial charge < -0.3 is 14.6 Å². The van der Waals surface area contributed by atoms with Crippen molar-refractivity contribution in [2.45, 2.75) is 341 Å². The summed E-state index contributed by atoms with van der Waals surface area (Å²) in [5.41, 5.74) is 0. The van der Waals surface area contributed by atoms with Gasteiger partial charge in [0, 0.05) is 12.8 Å². The summed E-state index contributed by atoms with van der Waals surface area (Å²) in [5.74, 6) is -0.576. The lowest BCUT2D eigenvalue weighted by Crippen LogP contribution is -2.28. The van der Waals surface area contributed by atoms with Crippen molar-refractivity contribution in [3.63, 3.8) is 0 Å². The molecule has 0 fully saturated rings. The Bertz CT molecular complexity index is 1230. The van der Waals surface area contributed by atoms with Crippen molar-refractivity contribution >= 4 is 11.9 Å². The highest BCUT2D eigenvalue weighted by molar-refractivity contribution is 5.70. The van der Waals surface area contributed by atoms with Gasteiger partial charge in [0.2, 0.25) is 0 Å². The predicted octanol–water partition coefficient (Wildman–Crippen LogP) is 21.8. The Hall–Kier alpha value is -2.40. The van der Waals surface area contributed by atoms with Crippen LogP contribution in [0.2, 0.25) is 0 Å². The third-order valence-corrected chi connectivity index (χ3v) is 14.3. The van der Waals surface area contributed by atoms with Crippen LogP contribution in [0, 0.1) is 0 Å². The molecule has 5 heteroatoms. The van der Waals surface area contributed by atoms with Crippen LogP contribution in [-0.4, -0.2) is 36.4 Å². The van der Waals surface area contributed by atoms with Gasteiger partial charge in [-0.3, -0.25) is 9.59 Å². The molecule has 0 aromatic heterocycles. The van der Waals surface area contributed by atoms with Crippen molar-refractivity contribution in [1.82, 2.24) is 0 Å². The molecule has 0 aliphatic rings. The number of hydrogen-bond acceptors (Lipinski definition) is 5. The Morgan fingerprint density at radius 2 is 0.597 bits per heavy atom. The van der Waals surface area contributed by atoms with E-state index in [2.05, 4.69) is 74.6 Å². The largest absolute Gasteiger partial charge is 0.462 e. The van der Waals surface area contributed by atoms with Crippen LogP contribution in [0.5, 0.6) is 0 Å². The van der Waals surface area contributed by atoms with E-state index >= 15 is 0 Å². The SMILES string of the molecule is CC/C=C\C/C=C\C/C=C\C/C=C\C/C=C\CCCCCCCCCCCCCCCC(=O)OC(CO)COC(=O)CCCCCCCCCCCCCCCCCCCCCCCCCCCCCCC. The monoisotopic (exact) mass is 1010 g/mol. The number of aliphatic hydroxyl groups excluding tert-OH is 1. The molecule has 0 aliphatic heterocycles. The molecule has 0 amide bonds. The van der Waals surface area contributed by atoms with Gasteiger partial charge in [-0.25, -0.2) is 0 Å². The molecule has 0 saturated carbocycles. The van der Waals surface area contributed by atoms with Crippen LogP contribution in [-0.2, 0) is 19.1 Å². The fourth-order valence-electron chi connectivity index (χ4n) is 9.59. The van der Waals surface area contributed by atoms with Crippen LogP contribution in [0.1, 0.15) is 335 Å². The number of ether oxygens (including phenoxy) is 2. The Kier molecular flexibility index (Phi) is 60.8. The van der Waals surface area contributed by atoms with E-state index < -0.39 is 6.10 Å². The first-order valence-corrected chi connectivity index (χ1v) is 31.8. The molecule has 0 aromatic carbocycles. The summed E-state index contributed by atoms with van der Waals surface area (Å²) in [6.45, 7) is 4.08. The van der Waals surface area contributed by atoms with E-state index in [1.165, 1.54) is 238 Å². The maximum absolute atomic E-state index is 12.3. The Morgan fingerprint density at radius 1 is 0.333 bits per heavy atom. The number of carbonyl (C=O) groups excluding carboxylic acids is 2. The van der Waals surface area contributed by atoms with Crippen molar-refractivity contribution in [1.29, 1.82) is 0 Å². The lowest BCUT2D eigenvalue weighted by Gasteiger charge is -2.15. The van der Waals surface area contributed by atoms with Crippen molar-refractivity contribution in [2.24, 2.45) is 0 Å². The molecule has 1 N–H and O–H groups in total. The van der Waals surface area contributed by atoms with Gasteiger partial charge in [0.05, 0.1) is 6.61 Å². The molecule has 5 nitrogen and oxygen atoms in total. The van der Waals surface area contributed by atoms with Crippen LogP contribution < -0.4 is 0 Å². The van der Waals surface area contributed by atoms with Crippen LogP contribution in [0.15, 0.2) is 60.8 Å². The Morgan fingerprint density at radius 3 is 0.903 bits per heavy atom. The third kappa shape index (κ3) is 60.2. The first-order valence-electron chi connectivity index (χ1n) is 31.8. The first-order chi connectivity index (χ1) is 35.6. The molecule has 0 spiro atoms. The lowest BCUT2D eigenvalue weighted by molar-refractivity contribution is -0.161. The van der Waals surface area contributed by atoms with Gasteiger partial charge in [-0.1, -0.05) is 325 Å². The molecule has 0 radical (unpaired) electrons. The number of carbonyl (C=O) groups is 2. The zero-order valence-corrected chi connectivity index (χ0v) is 48.2. The van der Waals surface area contributed by atoms with Crippen molar-refractivity contribution in [3.8, 4) is 0 Å². The molecule has 72 heavy (non-hydrogen) atoms. The smallest absolute Gasteiger partial charge is 0.306 e. The quantitative estimate of drug-likeness (QED) is 0.0373. The van der Waals surface area contributed by atoms with Gasteiger partial charge in [-0.2, -0.15) is 0 Å². The first kappa shape index (κ1) is 69.6. The van der Waals surface area contributed by atoms with E-state index in [0.29, 0.717) is 12.8 Å². The minimum atomic E-state index is -0.774. The molecular weight excluding hydrogens is 885 g/mol. The van der Waals surface area contributed by atoms with E-state index in [0.717, 1.165) is 70.6 Å². The number of aliphatic hydroxyl groups is 1. The topological polar surface area (TPSA) is 72.8 Å². The minimum absolute atomic E-state index is 0.0631. The van der Waals surface area contributed by atoms with Crippen molar-refractivity contribution in [3.05, 3.63) is 60.8 Å². The van der Waals surface area contributed by atoms with Gasteiger partial charge >= 0.3 is 11.9 Å². The summed E-state index contributed by atoms with van der Waals surface area (Å²) in [6.07, 6.45) is 85.1. The molecule has 1 atom stereocenters. The van der Waals surface area contributed by atoms with E-state index in [-0.39, 0.29) is 25.2 Å². The fourth-order valence-corrected chi connectivity index (χ4v) is 9.59. The standard InChI is InChI=1S/C67H122O5/c1-3-5-7-9-11-13-15-17-19-21-23-25-27-29-31-33-35-37-39-41-43-45-47-49-51-53-55-57-59-61-66(69)71-64-65(63-68)72-67(70)62-60-58-56-54-52-50-48-46-44-42-40-38-36-34-32-30-28-26-24-22-20-18-16-14-12-10-8-6-4-2/h6,8,12,14,18,20,24,26,30,32,65,68H,3-5,7,9-11,13,15-17,19,21-23,25,27-29,31,33-64H2,1-2H3/b8-6-,14-12-,20-18-,26-24-,32-30-. The second kappa shape index (κ2) is 62.9. The zero-order chi connectivity index (χ0) is 52.0. The number of rotatable bonds is 59. The van der Waals surface area contributed by atoms with Crippen molar-refractivity contribution < 1.29 is 24.2 Å². The Balaban J connectivity index is 3.43. The summed E-state index contributed by atoms with van der Waals surface area (Å²) >= 11 is 0. The van der Waals surface area contributed by atoms with Crippen LogP contribution in [0.25, 0.3) is 0 Å². The lowest BCUT2D eigenvalue weighted by atomic mass is 10.0. The maximum atomic E-state index is 12.3. The normalized spacial score (nSPS) is 12.5. The van der Waals surface area contributed by atoms with Crippen LogP contribution in [0.3, 0.4) is 0 Å². The van der Waals surface area contributed by atoms with Gasteiger partial charge in [-0.05, 0) is 57.8 Å². The second-order valence-corrected chi connectivity index (χ2v) is 21.5. The van der Waals surface area contributed by atoms with Gasteiger partial charge in [-0.15, -0.1) is 0 Å². The average molecular weight is 1010 g/mol. The van der Waals surface area contributed by atoms with E-state index in [1.807, 2.05) is 0 Å². The van der Waals surface area contributed by atoms with Crippen molar-refractivity contribution in [2.75, 3.05) is 13.2 Å². The Labute approximate surface area is 449 Å². The molecule has 0 heterocycles. The van der Waals surface area contributed by atoms with Gasteiger partial charge in [0.25, 0.3) is 0 Å². The van der Waals surface area contributed by atoms with Crippen LogP contribution >= 0.6 is 0 Å². The fraction of sp³-hybridized carbons (Fsp3) is 0.821. The predicted molar refractivity (Wildman–Crippen MR) is 316 cm³/mol. The molecule has 0 saturated heterocycles. The highest BCUT2D eigenvalue weighted by atomic mass is 16.6. The van der Waals surface area contributed by atoms with E-state index in [4.69, 9.17) is 9.47 Å². The third-order valence-electron chi connectivity index (χ3n) is 14.3. The summed E-state index contributed by atoms with van der Waals surface area (Å²) in [7, 11) is 0. The number of allylic oxidation sites excluding steroid dienone is 10. The van der Waals surface area contributed by atoms with Crippen LogP contribution in [0.4, 0.5) is 0 Å². The second-order valence-electron chi connectivity index (χ2n) is 21.5. The van der Waals surface area contributed by atoms with Gasteiger partial charge in [0.1, 0.15) is 6.61 Å². The molecule has 0 rings (SSSR count). The molecule has 0 aromatic rings. The summed E-state index contributed by atoms with van der Waals surface area (Å²) in [4.78, 5) is 24.6. The number of esters is 2. The molecule has 0 aliphatic carbocycles. The minimum Gasteiger partial charge on any atom is -0.462 e. The van der Waals surface area contributed by atoms with E-state index in [9.17, 15) is 14.7 Å². The number of unbranched alkanes of at least 4 members (excludes halogenated alkanes) is 41. The summed E-state index contributed by atoms with van der Waals surface area (Å²) < 4.78 is 10.7. The molecule has 0 bridgehead atoms. The summed E-state index contributed by atoms with van der Waals surface area (Å²) in [6, 6.07) is 0. The molecule has 420 valence electrons.